The van der Waals surface area contributed by atoms with Gasteiger partial charge in [-0.05, 0) is 31.0 Å². The first kappa shape index (κ1) is 17.8. The monoisotopic (exact) mass is 278 g/mol. The van der Waals surface area contributed by atoms with Gasteiger partial charge in [-0.1, -0.05) is 26.3 Å². The fourth-order valence-electron chi connectivity index (χ4n) is 2.30. The number of nitrogens with one attached hydrogen (secondary N) is 2. The van der Waals surface area contributed by atoms with Crippen molar-refractivity contribution in [2.24, 2.45) is 11.3 Å². The molecule has 1 aliphatic rings. The van der Waals surface area contributed by atoms with E-state index in [4.69, 9.17) is 12.2 Å². The summed E-state index contributed by atoms with van der Waals surface area (Å²) in [5.41, 5.74) is -1.07. The molecule has 18 heavy (non-hydrogen) atoms. The molecule has 96 valence electrons. The predicted octanol–water partition coefficient (Wildman–Crippen LogP) is 0.867. The Kier molecular flexibility index (Phi) is 7.29. The Morgan fingerprint density at radius 1 is 1.39 bits per heavy atom. The van der Waals surface area contributed by atoms with Crippen molar-refractivity contribution in [1.29, 1.82) is 0 Å². The number of hydrogen-bond acceptors (Lipinski definition) is 3. The standard InChI is InChI=1S/C12H18N2O2S.Na.H/c1-4-6-8(3)12(7-5-2)9(15)13-11(17)14-10(12)16;;/h5,8H,2,4,6-7H2,1,3H3,(H2,13,14,15,16,17);;. The van der Waals surface area contributed by atoms with Gasteiger partial charge in [0, 0.05) is 0 Å². The Bertz CT molecular complexity index is 351. The summed E-state index contributed by atoms with van der Waals surface area (Å²) in [7, 11) is 0. The summed E-state index contributed by atoms with van der Waals surface area (Å²) < 4.78 is 0. The van der Waals surface area contributed by atoms with Gasteiger partial charge in [0.25, 0.3) is 0 Å². The van der Waals surface area contributed by atoms with Crippen LogP contribution in [0.5, 0.6) is 0 Å². The number of rotatable bonds is 5. The zero-order chi connectivity index (χ0) is 13.1. The van der Waals surface area contributed by atoms with Gasteiger partial charge in [0.2, 0.25) is 11.8 Å². The molecule has 1 atom stereocenters. The molecule has 1 rings (SSSR count). The molecular weight excluding hydrogens is 259 g/mol. The number of hydrogen-bond donors (Lipinski definition) is 2. The van der Waals surface area contributed by atoms with Crippen molar-refractivity contribution in [2.75, 3.05) is 0 Å². The van der Waals surface area contributed by atoms with Crippen LogP contribution in [0.15, 0.2) is 12.7 Å². The van der Waals surface area contributed by atoms with Crippen LogP contribution in [0.3, 0.4) is 0 Å². The third kappa shape index (κ3) is 3.20. The zero-order valence-corrected chi connectivity index (χ0v) is 11.0. The van der Waals surface area contributed by atoms with E-state index in [1.54, 1.807) is 6.08 Å². The van der Waals surface area contributed by atoms with Crippen LogP contribution in [0.4, 0.5) is 0 Å². The Morgan fingerprint density at radius 3 is 2.28 bits per heavy atom. The molecule has 0 aliphatic carbocycles. The van der Waals surface area contributed by atoms with Crippen LogP contribution in [0.2, 0.25) is 0 Å². The first-order valence-electron chi connectivity index (χ1n) is 5.76. The molecule has 0 aromatic heterocycles. The van der Waals surface area contributed by atoms with E-state index >= 15 is 0 Å². The van der Waals surface area contributed by atoms with Crippen LogP contribution in [0, 0.1) is 11.3 Å². The zero-order valence-electron chi connectivity index (χ0n) is 10.2. The second kappa shape index (κ2) is 7.38. The Morgan fingerprint density at radius 2 is 1.89 bits per heavy atom. The van der Waals surface area contributed by atoms with Crippen molar-refractivity contribution in [1.82, 2.24) is 10.6 Å². The summed E-state index contributed by atoms with van der Waals surface area (Å²) in [5.74, 6) is -0.673. The molecule has 0 radical (unpaired) electrons. The topological polar surface area (TPSA) is 58.2 Å². The summed E-state index contributed by atoms with van der Waals surface area (Å²) in [5, 5.41) is 5.16. The molecule has 0 bridgehead atoms. The van der Waals surface area contributed by atoms with Crippen molar-refractivity contribution in [2.45, 2.75) is 33.1 Å². The van der Waals surface area contributed by atoms with Crippen molar-refractivity contribution in [3.8, 4) is 0 Å². The van der Waals surface area contributed by atoms with Gasteiger partial charge in [-0.15, -0.1) is 6.58 Å². The van der Waals surface area contributed by atoms with Crippen LogP contribution < -0.4 is 10.6 Å². The fourth-order valence-corrected chi connectivity index (χ4v) is 2.49. The van der Waals surface area contributed by atoms with Crippen LogP contribution in [0.1, 0.15) is 33.1 Å². The summed E-state index contributed by atoms with van der Waals surface area (Å²) in [4.78, 5) is 24.3. The van der Waals surface area contributed by atoms with Gasteiger partial charge in [-0.25, -0.2) is 0 Å². The maximum absolute atomic E-state index is 12.1. The first-order valence-corrected chi connectivity index (χ1v) is 6.17. The molecule has 0 aromatic carbocycles. The average Bonchev–Trinajstić information content (AvgIpc) is 2.23. The van der Waals surface area contributed by atoms with E-state index in [9.17, 15) is 9.59 Å². The van der Waals surface area contributed by atoms with Gasteiger partial charge in [0.15, 0.2) is 5.11 Å². The van der Waals surface area contributed by atoms with Gasteiger partial charge in [-0.2, -0.15) is 0 Å². The Hall–Kier alpha value is -0.230. The van der Waals surface area contributed by atoms with E-state index in [0.717, 1.165) is 12.8 Å². The third-order valence-corrected chi connectivity index (χ3v) is 3.50. The molecule has 0 spiro atoms. The quantitative estimate of drug-likeness (QED) is 0.339. The van der Waals surface area contributed by atoms with Gasteiger partial charge in [-0.3, -0.25) is 9.59 Å². The molecule has 6 heteroatoms. The van der Waals surface area contributed by atoms with Gasteiger partial charge >= 0.3 is 29.6 Å². The first-order chi connectivity index (χ1) is 7.98. The normalized spacial score (nSPS) is 19.3. The minimum absolute atomic E-state index is 0. The van der Waals surface area contributed by atoms with Crippen molar-refractivity contribution in [3.05, 3.63) is 12.7 Å². The SMILES string of the molecule is C=CCC1(C(C)CCC)C(=O)NC(=S)NC1=O.[NaH]. The van der Waals surface area contributed by atoms with Gasteiger partial charge in [0.05, 0.1) is 0 Å². The molecule has 0 saturated carbocycles. The predicted molar refractivity (Wildman–Crippen MR) is 77.4 cm³/mol. The Balaban J connectivity index is 0.00000289. The van der Waals surface area contributed by atoms with Crippen molar-refractivity contribution >= 4 is 58.7 Å². The minimum atomic E-state index is -1.07. The molecule has 1 saturated heterocycles. The molecule has 4 nitrogen and oxygen atoms in total. The third-order valence-electron chi connectivity index (χ3n) is 3.29. The summed E-state index contributed by atoms with van der Waals surface area (Å²) in [6.07, 6.45) is 3.67. The molecule has 1 heterocycles. The van der Waals surface area contributed by atoms with Crippen LogP contribution in [-0.2, 0) is 9.59 Å². The van der Waals surface area contributed by atoms with E-state index in [1.807, 2.05) is 13.8 Å². The molecule has 2 N–H and O–H groups in total. The maximum atomic E-state index is 12.1. The number of carbonyl (C=O) groups is 2. The Labute approximate surface area is 135 Å². The van der Waals surface area contributed by atoms with E-state index in [2.05, 4.69) is 17.2 Å². The average molecular weight is 278 g/mol. The number of allylic oxidation sites excluding steroid dienone is 1. The van der Waals surface area contributed by atoms with Crippen LogP contribution >= 0.6 is 12.2 Å². The van der Waals surface area contributed by atoms with Crippen molar-refractivity contribution < 1.29 is 9.59 Å². The summed E-state index contributed by atoms with van der Waals surface area (Å²) >= 11 is 4.81. The van der Waals surface area contributed by atoms with E-state index < -0.39 is 5.41 Å². The molecule has 1 aliphatic heterocycles. The molecular formula is C12H19N2NaO2S. The summed E-state index contributed by atoms with van der Waals surface area (Å²) in [6.45, 7) is 7.58. The molecule has 1 unspecified atom stereocenters. The van der Waals surface area contributed by atoms with Gasteiger partial charge < -0.3 is 10.6 Å². The second-order valence-corrected chi connectivity index (χ2v) is 4.80. The van der Waals surface area contributed by atoms with E-state index in [-0.39, 0.29) is 52.4 Å². The number of thiocarbonyl (C=S) groups is 1. The van der Waals surface area contributed by atoms with E-state index in [1.165, 1.54) is 0 Å². The van der Waals surface area contributed by atoms with Crippen molar-refractivity contribution in [3.63, 3.8) is 0 Å². The summed E-state index contributed by atoms with van der Waals surface area (Å²) in [6, 6.07) is 0. The second-order valence-electron chi connectivity index (χ2n) is 4.39. The number of amides is 2. The van der Waals surface area contributed by atoms with Gasteiger partial charge in [0.1, 0.15) is 5.41 Å². The van der Waals surface area contributed by atoms with Crippen LogP contribution in [0.25, 0.3) is 0 Å². The van der Waals surface area contributed by atoms with E-state index in [0.29, 0.717) is 6.42 Å². The molecule has 0 aromatic rings. The molecule has 2 amide bonds. The fraction of sp³-hybridized carbons (Fsp3) is 0.583. The van der Waals surface area contributed by atoms with Crippen LogP contribution in [-0.4, -0.2) is 46.5 Å². The number of carbonyl (C=O) groups excluding carboxylic acids is 2. The molecule has 1 fully saturated rings.